The Morgan fingerprint density at radius 1 is 0.958 bits per heavy atom. The SMILES string of the molecule is c1cncc(Cc2nc(-c3ccncc3)nn2C2CCCCC2)c1. The van der Waals surface area contributed by atoms with Gasteiger partial charge >= 0.3 is 0 Å². The molecule has 5 heteroatoms. The maximum atomic E-state index is 4.86. The summed E-state index contributed by atoms with van der Waals surface area (Å²) in [5, 5.41) is 4.86. The maximum absolute atomic E-state index is 4.86. The van der Waals surface area contributed by atoms with Crippen LogP contribution in [0.3, 0.4) is 0 Å². The Balaban J connectivity index is 1.70. The van der Waals surface area contributed by atoms with Crippen LogP contribution in [0.2, 0.25) is 0 Å². The van der Waals surface area contributed by atoms with Gasteiger partial charge in [-0.2, -0.15) is 5.10 Å². The molecular formula is C19H21N5. The fourth-order valence-corrected chi connectivity index (χ4v) is 3.40. The fourth-order valence-electron chi connectivity index (χ4n) is 3.40. The van der Waals surface area contributed by atoms with Crippen LogP contribution in [0.4, 0.5) is 0 Å². The van der Waals surface area contributed by atoms with Gasteiger partial charge < -0.3 is 0 Å². The molecule has 0 aromatic carbocycles. The normalized spacial score (nSPS) is 15.5. The third kappa shape index (κ3) is 3.20. The van der Waals surface area contributed by atoms with Gasteiger partial charge in [-0.3, -0.25) is 9.97 Å². The van der Waals surface area contributed by atoms with E-state index in [2.05, 4.69) is 20.7 Å². The van der Waals surface area contributed by atoms with Crippen molar-refractivity contribution in [3.05, 3.63) is 60.4 Å². The Morgan fingerprint density at radius 3 is 2.54 bits per heavy atom. The van der Waals surface area contributed by atoms with Gasteiger partial charge in [-0.05, 0) is 36.6 Å². The molecule has 3 heterocycles. The van der Waals surface area contributed by atoms with Crippen LogP contribution in [-0.2, 0) is 6.42 Å². The van der Waals surface area contributed by atoms with Gasteiger partial charge in [0.25, 0.3) is 0 Å². The van der Waals surface area contributed by atoms with E-state index in [1.165, 1.54) is 37.7 Å². The summed E-state index contributed by atoms with van der Waals surface area (Å²) in [6.07, 6.45) is 14.3. The van der Waals surface area contributed by atoms with Crippen molar-refractivity contribution < 1.29 is 0 Å². The van der Waals surface area contributed by atoms with Gasteiger partial charge in [-0.25, -0.2) is 9.67 Å². The Kier molecular flexibility index (Phi) is 4.32. The first kappa shape index (κ1) is 15.0. The second-order valence-corrected chi connectivity index (χ2v) is 6.36. The van der Waals surface area contributed by atoms with Crippen LogP contribution in [0.5, 0.6) is 0 Å². The molecule has 0 amide bonds. The third-order valence-corrected chi connectivity index (χ3v) is 4.65. The van der Waals surface area contributed by atoms with Gasteiger partial charge in [-0.1, -0.05) is 25.3 Å². The lowest BCUT2D eigenvalue weighted by atomic mass is 9.95. The van der Waals surface area contributed by atoms with Crippen molar-refractivity contribution in [3.8, 4) is 11.4 Å². The molecule has 24 heavy (non-hydrogen) atoms. The van der Waals surface area contributed by atoms with E-state index in [0.717, 1.165) is 23.6 Å². The van der Waals surface area contributed by atoms with Crippen LogP contribution in [-0.4, -0.2) is 24.7 Å². The summed E-state index contributed by atoms with van der Waals surface area (Å²) in [5.74, 6) is 1.82. The minimum absolute atomic E-state index is 0.466. The van der Waals surface area contributed by atoms with E-state index in [0.29, 0.717) is 6.04 Å². The topological polar surface area (TPSA) is 56.5 Å². The summed E-state index contributed by atoms with van der Waals surface area (Å²) in [5.41, 5.74) is 2.19. The van der Waals surface area contributed by atoms with Gasteiger partial charge in [0.15, 0.2) is 5.82 Å². The van der Waals surface area contributed by atoms with Gasteiger partial charge in [0.1, 0.15) is 5.82 Å². The monoisotopic (exact) mass is 319 g/mol. The number of hydrogen-bond acceptors (Lipinski definition) is 4. The molecule has 0 atom stereocenters. The zero-order valence-electron chi connectivity index (χ0n) is 13.7. The summed E-state index contributed by atoms with van der Waals surface area (Å²) >= 11 is 0. The zero-order chi connectivity index (χ0) is 16.2. The summed E-state index contributed by atoms with van der Waals surface area (Å²) in [4.78, 5) is 13.2. The van der Waals surface area contributed by atoms with E-state index in [4.69, 9.17) is 10.1 Å². The van der Waals surface area contributed by atoms with Crippen molar-refractivity contribution in [2.75, 3.05) is 0 Å². The van der Waals surface area contributed by atoms with E-state index in [9.17, 15) is 0 Å². The standard InChI is InChI=1S/C19H21N5/c1-2-6-17(7-3-1)24-18(13-15-5-4-10-21-14-15)22-19(23-24)16-8-11-20-12-9-16/h4-5,8-12,14,17H,1-3,6-7,13H2. The van der Waals surface area contributed by atoms with Crippen molar-refractivity contribution in [2.45, 2.75) is 44.6 Å². The molecule has 0 unspecified atom stereocenters. The van der Waals surface area contributed by atoms with Crippen molar-refractivity contribution in [1.82, 2.24) is 24.7 Å². The Labute approximate surface area is 141 Å². The number of nitrogens with zero attached hydrogens (tertiary/aromatic N) is 5. The second kappa shape index (κ2) is 6.91. The molecule has 4 rings (SSSR count). The third-order valence-electron chi connectivity index (χ3n) is 4.65. The van der Waals surface area contributed by atoms with E-state index in [-0.39, 0.29) is 0 Å². The molecule has 0 spiro atoms. The summed E-state index contributed by atoms with van der Waals surface area (Å²) in [7, 11) is 0. The fraction of sp³-hybridized carbons (Fsp3) is 0.368. The molecule has 1 aliphatic rings. The lowest BCUT2D eigenvalue weighted by Gasteiger charge is -2.23. The van der Waals surface area contributed by atoms with Gasteiger partial charge in [0.05, 0.1) is 6.04 Å². The number of rotatable bonds is 4. The molecule has 0 bridgehead atoms. The first-order chi connectivity index (χ1) is 11.9. The van der Waals surface area contributed by atoms with Crippen molar-refractivity contribution in [1.29, 1.82) is 0 Å². The zero-order valence-corrected chi connectivity index (χ0v) is 13.7. The molecule has 5 nitrogen and oxygen atoms in total. The highest BCUT2D eigenvalue weighted by Gasteiger charge is 2.21. The molecule has 3 aromatic rings. The molecule has 0 N–H and O–H groups in total. The lowest BCUT2D eigenvalue weighted by Crippen LogP contribution is -2.17. The molecule has 3 aromatic heterocycles. The second-order valence-electron chi connectivity index (χ2n) is 6.36. The molecule has 0 saturated heterocycles. The van der Waals surface area contributed by atoms with Crippen LogP contribution in [0.15, 0.2) is 49.1 Å². The molecule has 0 aliphatic heterocycles. The number of pyridine rings is 2. The number of aromatic nitrogens is 5. The highest BCUT2D eigenvalue weighted by atomic mass is 15.4. The summed E-state index contributed by atoms with van der Waals surface area (Å²) in [6, 6.07) is 8.47. The van der Waals surface area contributed by atoms with Gasteiger partial charge in [-0.15, -0.1) is 0 Å². The number of hydrogen-bond donors (Lipinski definition) is 0. The van der Waals surface area contributed by atoms with Crippen LogP contribution in [0.1, 0.15) is 49.5 Å². The van der Waals surface area contributed by atoms with E-state index < -0.39 is 0 Å². The average molecular weight is 319 g/mol. The first-order valence-electron chi connectivity index (χ1n) is 8.65. The van der Waals surface area contributed by atoms with Crippen LogP contribution >= 0.6 is 0 Å². The summed E-state index contributed by atoms with van der Waals surface area (Å²) in [6.45, 7) is 0. The van der Waals surface area contributed by atoms with E-state index in [1.807, 2.05) is 24.4 Å². The molecule has 1 aliphatic carbocycles. The Hall–Kier alpha value is -2.56. The predicted molar refractivity (Wildman–Crippen MR) is 92.4 cm³/mol. The molecule has 0 radical (unpaired) electrons. The Bertz CT molecular complexity index is 776. The van der Waals surface area contributed by atoms with E-state index >= 15 is 0 Å². The van der Waals surface area contributed by atoms with Crippen molar-refractivity contribution in [2.24, 2.45) is 0 Å². The van der Waals surface area contributed by atoms with Crippen molar-refractivity contribution in [3.63, 3.8) is 0 Å². The van der Waals surface area contributed by atoms with Gasteiger partial charge in [0.2, 0.25) is 0 Å². The first-order valence-corrected chi connectivity index (χ1v) is 8.65. The minimum atomic E-state index is 0.466. The minimum Gasteiger partial charge on any atom is -0.265 e. The van der Waals surface area contributed by atoms with Crippen LogP contribution in [0.25, 0.3) is 11.4 Å². The predicted octanol–water partition coefficient (Wildman–Crippen LogP) is 3.83. The van der Waals surface area contributed by atoms with E-state index in [1.54, 1.807) is 18.6 Å². The molecule has 122 valence electrons. The highest BCUT2D eigenvalue weighted by molar-refractivity contribution is 5.53. The maximum Gasteiger partial charge on any atom is 0.181 e. The van der Waals surface area contributed by atoms with Crippen LogP contribution < -0.4 is 0 Å². The average Bonchev–Trinajstić information content (AvgIpc) is 3.08. The van der Waals surface area contributed by atoms with Crippen LogP contribution in [0, 0.1) is 0 Å². The quantitative estimate of drug-likeness (QED) is 0.733. The molecule has 1 saturated carbocycles. The lowest BCUT2D eigenvalue weighted by molar-refractivity contribution is 0.322. The highest BCUT2D eigenvalue weighted by Crippen LogP contribution is 2.30. The molecule has 1 fully saturated rings. The largest absolute Gasteiger partial charge is 0.265 e. The molecular weight excluding hydrogens is 298 g/mol. The van der Waals surface area contributed by atoms with Gasteiger partial charge in [0, 0.05) is 36.8 Å². The Morgan fingerprint density at radius 2 is 1.79 bits per heavy atom. The summed E-state index contributed by atoms with van der Waals surface area (Å²) < 4.78 is 2.17. The smallest absolute Gasteiger partial charge is 0.181 e. The van der Waals surface area contributed by atoms with Crippen molar-refractivity contribution >= 4 is 0 Å².